The Morgan fingerprint density at radius 1 is 1.05 bits per heavy atom. The van der Waals surface area contributed by atoms with Gasteiger partial charge in [-0.3, -0.25) is 4.79 Å². The molecule has 2 amide bonds. The summed E-state index contributed by atoms with van der Waals surface area (Å²) in [7, 11) is -3.22. The highest BCUT2D eigenvalue weighted by atomic mass is 32.2. The lowest BCUT2D eigenvalue weighted by Crippen LogP contribution is -2.55. The number of likely N-dealkylation sites (tertiary alicyclic amines) is 1. The Balaban J connectivity index is 1.91. The number of aliphatic carboxylic acids is 1. The summed E-state index contributed by atoms with van der Waals surface area (Å²) in [6, 6.07) is -0.186. The highest BCUT2D eigenvalue weighted by Crippen LogP contribution is 2.19. The molecule has 2 fully saturated rings. The van der Waals surface area contributed by atoms with Crippen LogP contribution in [0.25, 0.3) is 0 Å². The van der Waals surface area contributed by atoms with Gasteiger partial charge in [0.25, 0.3) is 0 Å². The summed E-state index contributed by atoms with van der Waals surface area (Å²) in [4.78, 5) is 26.6. The van der Waals surface area contributed by atoms with Gasteiger partial charge in [0, 0.05) is 39.3 Å². The third kappa shape index (κ3) is 3.85. The van der Waals surface area contributed by atoms with Gasteiger partial charge in [0.15, 0.2) is 0 Å². The van der Waals surface area contributed by atoms with E-state index in [0.717, 1.165) is 6.26 Å². The van der Waals surface area contributed by atoms with Gasteiger partial charge in [-0.25, -0.2) is 13.2 Å². The number of piperazine rings is 1. The Kier molecular flexibility index (Phi) is 4.72. The molecule has 0 aromatic heterocycles. The van der Waals surface area contributed by atoms with Crippen molar-refractivity contribution in [3.05, 3.63) is 0 Å². The smallest absolute Gasteiger partial charge is 0.320 e. The molecule has 21 heavy (non-hydrogen) atoms. The minimum absolute atomic E-state index is 0.186. The second-order valence-corrected chi connectivity index (χ2v) is 7.54. The van der Waals surface area contributed by atoms with Gasteiger partial charge in [-0.2, -0.15) is 4.31 Å². The predicted molar refractivity (Wildman–Crippen MR) is 75.3 cm³/mol. The van der Waals surface area contributed by atoms with Gasteiger partial charge in [-0.05, 0) is 12.8 Å². The van der Waals surface area contributed by atoms with Crippen LogP contribution < -0.4 is 0 Å². The number of rotatable bonds is 2. The molecule has 8 nitrogen and oxygen atoms in total. The number of carboxylic acid groups (broad SMARTS) is 1. The molecule has 0 aromatic rings. The number of amides is 2. The number of urea groups is 1. The van der Waals surface area contributed by atoms with Crippen LogP contribution in [0.5, 0.6) is 0 Å². The molecule has 1 atom stereocenters. The normalized spacial score (nSPS) is 24.9. The lowest BCUT2D eigenvalue weighted by Gasteiger charge is -2.38. The molecule has 1 N–H and O–H groups in total. The van der Waals surface area contributed by atoms with E-state index < -0.39 is 21.9 Å². The molecule has 2 heterocycles. The SMILES string of the molecule is CS(=O)(=O)N1CCN(C(=O)N2CCC[C@@H](C(=O)O)C2)CC1. The maximum atomic E-state index is 12.4. The Morgan fingerprint density at radius 2 is 1.67 bits per heavy atom. The summed E-state index contributed by atoms with van der Waals surface area (Å²) in [5.74, 6) is -1.37. The van der Waals surface area contributed by atoms with Crippen LogP contribution in [0.2, 0.25) is 0 Å². The first kappa shape index (κ1) is 16.0. The first-order valence-corrected chi connectivity index (χ1v) is 8.85. The molecule has 9 heteroatoms. The molecular formula is C12H21N3O5S. The van der Waals surface area contributed by atoms with E-state index in [9.17, 15) is 18.0 Å². The van der Waals surface area contributed by atoms with E-state index in [1.807, 2.05) is 0 Å². The number of hydrogen-bond donors (Lipinski definition) is 1. The van der Waals surface area contributed by atoms with Crippen LogP contribution in [0.4, 0.5) is 4.79 Å². The Bertz CT molecular complexity index is 513. The molecule has 0 radical (unpaired) electrons. The number of carboxylic acids is 1. The van der Waals surface area contributed by atoms with E-state index in [2.05, 4.69) is 0 Å². The lowest BCUT2D eigenvalue weighted by atomic mass is 9.98. The molecule has 0 aromatic carbocycles. The predicted octanol–water partition coefficient (Wildman–Crippen LogP) is -0.520. The van der Waals surface area contributed by atoms with Gasteiger partial charge >= 0.3 is 12.0 Å². The quantitative estimate of drug-likeness (QED) is 0.738. The summed E-state index contributed by atoms with van der Waals surface area (Å²) in [5.41, 5.74) is 0. The van der Waals surface area contributed by atoms with E-state index in [4.69, 9.17) is 5.11 Å². The van der Waals surface area contributed by atoms with Crippen LogP contribution in [-0.2, 0) is 14.8 Å². The van der Waals surface area contributed by atoms with Gasteiger partial charge in [0.2, 0.25) is 10.0 Å². The van der Waals surface area contributed by atoms with Crippen molar-refractivity contribution in [1.82, 2.24) is 14.1 Å². The average molecular weight is 319 g/mol. The van der Waals surface area contributed by atoms with Crippen molar-refractivity contribution in [2.45, 2.75) is 12.8 Å². The van der Waals surface area contributed by atoms with Crippen molar-refractivity contribution in [3.63, 3.8) is 0 Å². The molecular weight excluding hydrogens is 298 g/mol. The largest absolute Gasteiger partial charge is 0.481 e. The van der Waals surface area contributed by atoms with Crippen LogP contribution in [0.1, 0.15) is 12.8 Å². The average Bonchev–Trinajstić information content (AvgIpc) is 2.46. The van der Waals surface area contributed by atoms with Crippen molar-refractivity contribution in [1.29, 1.82) is 0 Å². The lowest BCUT2D eigenvalue weighted by molar-refractivity contribution is -0.143. The molecule has 2 rings (SSSR count). The van der Waals surface area contributed by atoms with Gasteiger partial charge in [0.05, 0.1) is 12.2 Å². The van der Waals surface area contributed by atoms with Gasteiger partial charge in [-0.1, -0.05) is 0 Å². The minimum atomic E-state index is -3.22. The fourth-order valence-electron chi connectivity index (χ4n) is 2.76. The summed E-state index contributed by atoms with van der Waals surface area (Å²) < 4.78 is 24.2. The molecule has 2 saturated heterocycles. The van der Waals surface area contributed by atoms with E-state index >= 15 is 0 Å². The third-order valence-electron chi connectivity index (χ3n) is 4.02. The summed E-state index contributed by atoms with van der Waals surface area (Å²) in [5, 5.41) is 9.05. The summed E-state index contributed by atoms with van der Waals surface area (Å²) in [6.07, 6.45) is 2.44. The number of sulfonamides is 1. The second kappa shape index (κ2) is 6.18. The third-order valence-corrected chi connectivity index (χ3v) is 5.32. The molecule has 0 saturated carbocycles. The van der Waals surface area contributed by atoms with Gasteiger partial charge in [0.1, 0.15) is 0 Å². The van der Waals surface area contributed by atoms with Gasteiger partial charge in [-0.15, -0.1) is 0 Å². The van der Waals surface area contributed by atoms with E-state index in [0.29, 0.717) is 45.6 Å². The number of piperidine rings is 1. The number of carbonyl (C=O) groups excluding carboxylic acids is 1. The first-order valence-electron chi connectivity index (χ1n) is 7.01. The fraction of sp³-hybridized carbons (Fsp3) is 0.833. The van der Waals surface area contributed by atoms with Crippen molar-refractivity contribution < 1.29 is 23.1 Å². The summed E-state index contributed by atoms with van der Waals surface area (Å²) >= 11 is 0. The number of nitrogens with zero attached hydrogens (tertiary/aromatic N) is 3. The molecule has 2 aliphatic heterocycles. The zero-order valence-corrected chi connectivity index (χ0v) is 12.9. The zero-order valence-electron chi connectivity index (χ0n) is 12.1. The van der Waals surface area contributed by atoms with Crippen molar-refractivity contribution in [2.24, 2.45) is 5.92 Å². The maximum absolute atomic E-state index is 12.4. The van der Waals surface area contributed by atoms with Crippen molar-refractivity contribution in [2.75, 3.05) is 45.5 Å². The van der Waals surface area contributed by atoms with Crippen LogP contribution in [0.15, 0.2) is 0 Å². The van der Waals surface area contributed by atoms with Crippen LogP contribution in [0.3, 0.4) is 0 Å². The zero-order chi connectivity index (χ0) is 15.6. The van der Waals surface area contributed by atoms with Crippen molar-refractivity contribution >= 4 is 22.0 Å². The van der Waals surface area contributed by atoms with Crippen LogP contribution in [-0.4, -0.2) is 85.2 Å². The summed E-state index contributed by atoms with van der Waals surface area (Å²) in [6.45, 7) is 2.08. The Hall–Kier alpha value is -1.35. The second-order valence-electron chi connectivity index (χ2n) is 5.56. The van der Waals surface area contributed by atoms with Crippen LogP contribution in [0, 0.1) is 5.92 Å². The van der Waals surface area contributed by atoms with Gasteiger partial charge < -0.3 is 14.9 Å². The van der Waals surface area contributed by atoms with E-state index in [1.54, 1.807) is 9.80 Å². The van der Waals surface area contributed by atoms with Crippen molar-refractivity contribution in [3.8, 4) is 0 Å². The number of hydrogen-bond acceptors (Lipinski definition) is 4. The molecule has 120 valence electrons. The molecule has 0 bridgehead atoms. The molecule has 0 aliphatic carbocycles. The molecule has 0 unspecified atom stereocenters. The van der Waals surface area contributed by atoms with E-state index in [1.165, 1.54) is 4.31 Å². The minimum Gasteiger partial charge on any atom is -0.481 e. The monoisotopic (exact) mass is 319 g/mol. The topological polar surface area (TPSA) is 98.2 Å². The molecule has 2 aliphatic rings. The van der Waals surface area contributed by atoms with Crippen LogP contribution >= 0.6 is 0 Å². The molecule has 0 spiro atoms. The fourth-order valence-corrected chi connectivity index (χ4v) is 3.59. The maximum Gasteiger partial charge on any atom is 0.320 e. The Morgan fingerprint density at radius 3 is 2.19 bits per heavy atom. The first-order chi connectivity index (χ1) is 9.79. The Labute approximate surface area is 124 Å². The van der Waals surface area contributed by atoms with E-state index in [-0.39, 0.29) is 12.6 Å². The highest BCUT2D eigenvalue weighted by molar-refractivity contribution is 7.88. The number of carbonyl (C=O) groups is 2. The standard InChI is InChI=1S/C12H21N3O5S/c1-21(19,20)15-7-5-13(6-8-15)12(18)14-4-2-3-10(9-14)11(16)17/h10H,2-9H2,1H3,(H,16,17)/t10-/m1/s1. The highest BCUT2D eigenvalue weighted by Gasteiger charge is 2.32.